The van der Waals surface area contributed by atoms with Crippen LogP contribution in [0.5, 0.6) is 0 Å². The van der Waals surface area contributed by atoms with Crippen molar-refractivity contribution in [3.8, 4) is 0 Å². The Morgan fingerprint density at radius 3 is 2.94 bits per heavy atom. The molecule has 0 aromatic rings. The predicted molar refractivity (Wildman–Crippen MR) is 69.6 cm³/mol. The van der Waals surface area contributed by atoms with E-state index in [9.17, 15) is 0 Å². The van der Waals surface area contributed by atoms with Crippen LogP contribution in [-0.2, 0) is 0 Å². The Bertz CT molecular complexity index is 205. The molecule has 1 N–H and O–H groups in total. The average Bonchev–Trinajstić information content (AvgIpc) is 2.83. The van der Waals surface area contributed by atoms with Crippen molar-refractivity contribution >= 4 is 0 Å². The van der Waals surface area contributed by atoms with Crippen LogP contribution in [0.2, 0.25) is 0 Å². The molecule has 0 aromatic heterocycles. The van der Waals surface area contributed by atoms with E-state index in [1.165, 1.54) is 58.2 Å². The zero-order valence-corrected chi connectivity index (χ0v) is 11.0. The van der Waals surface area contributed by atoms with E-state index >= 15 is 0 Å². The summed E-state index contributed by atoms with van der Waals surface area (Å²) in [6.07, 6.45) is 8.52. The van der Waals surface area contributed by atoms with Gasteiger partial charge >= 0.3 is 0 Å². The van der Waals surface area contributed by atoms with Gasteiger partial charge in [0.25, 0.3) is 0 Å². The molecular formula is C14H28N2. The van der Waals surface area contributed by atoms with Crippen LogP contribution in [0, 0.1) is 11.8 Å². The van der Waals surface area contributed by atoms with Crippen LogP contribution in [-0.4, -0.2) is 37.6 Å². The molecule has 16 heavy (non-hydrogen) atoms. The van der Waals surface area contributed by atoms with E-state index in [1.807, 2.05) is 0 Å². The van der Waals surface area contributed by atoms with Gasteiger partial charge in [0.05, 0.1) is 0 Å². The summed E-state index contributed by atoms with van der Waals surface area (Å²) in [6, 6.07) is 0.791. The highest BCUT2D eigenvalue weighted by Crippen LogP contribution is 2.37. The molecule has 3 atom stereocenters. The summed E-state index contributed by atoms with van der Waals surface area (Å²) in [5, 5.41) is 3.74. The normalized spacial score (nSPS) is 33.6. The van der Waals surface area contributed by atoms with Gasteiger partial charge in [-0.1, -0.05) is 26.2 Å². The van der Waals surface area contributed by atoms with Crippen LogP contribution in [0.25, 0.3) is 0 Å². The summed E-state index contributed by atoms with van der Waals surface area (Å²) in [5.41, 5.74) is 0. The Morgan fingerprint density at radius 2 is 2.12 bits per heavy atom. The van der Waals surface area contributed by atoms with Gasteiger partial charge in [-0.25, -0.2) is 0 Å². The SMILES string of the molecule is CCCCCN(C)CC1NCC2CCCC21. The van der Waals surface area contributed by atoms with Crippen molar-refractivity contribution in [2.75, 3.05) is 26.7 Å². The fourth-order valence-corrected chi connectivity index (χ4v) is 3.56. The molecule has 1 heterocycles. The van der Waals surface area contributed by atoms with Crippen molar-refractivity contribution in [1.82, 2.24) is 10.2 Å². The van der Waals surface area contributed by atoms with Crippen LogP contribution in [0.3, 0.4) is 0 Å². The molecule has 0 radical (unpaired) electrons. The van der Waals surface area contributed by atoms with Gasteiger partial charge in [-0.3, -0.25) is 0 Å². The van der Waals surface area contributed by atoms with E-state index in [0.717, 1.165) is 17.9 Å². The predicted octanol–water partition coefficient (Wildman–Crippen LogP) is 2.50. The number of nitrogens with one attached hydrogen (secondary N) is 1. The Balaban J connectivity index is 1.68. The standard InChI is InChI=1S/C14H28N2/c1-3-4-5-9-16(2)11-14-13-8-6-7-12(13)10-15-14/h12-15H,3-11H2,1-2H3. The number of fused-ring (bicyclic) bond motifs is 1. The van der Waals surface area contributed by atoms with E-state index < -0.39 is 0 Å². The lowest BCUT2D eigenvalue weighted by molar-refractivity contribution is 0.261. The van der Waals surface area contributed by atoms with Gasteiger partial charge in [-0.05, 0) is 51.2 Å². The molecule has 0 aromatic carbocycles. The average molecular weight is 224 g/mol. The second kappa shape index (κ2) is 6.02. The molecule has 2 nitrogen and oxygen atoms in total. The van der Waals surface area contributed by atoms with Gasteiger partial charge in [0.15, 0.2) is 0 Å². The van der Waals surface area contributed by atoms with Crippen molar-refractivity contribution in [2.45, 2.75) is 51.5 Å². The maximum atomic E-state index is 3.74. The number of nitrogens with zero attached hydrogens (tertiary/aromatic N) is 1. The Hall–Kier alpha value is -0.0800. The number of hydrogen-bond acceptors (Lipinski definition) is 2. The first kappa shape index (κ1) is 12.4. The minimum Gasteiger partial charge on any atom is -0.312 e. The Labute approximate surface area is 101 Å². The summed E-state index contributed by atoms with van der Waals surface area (Å²) in [4.78, 5) is 2.54. The molecule has 2 heteroatoms. The molecule has 1 aliphatic carbocycles. The zero-order chi connectivity index (χ0) is 11.4. The lowest BCUT2D eigenvalue weighted by Gasteiger charge is -2.25. The fraction of sp³-hybridized carbons (Fsp3) is 1.00. The van der Waals surface area contributed by atoms with Crippen LogP contribution in [0.4, 0.5) is 0 Å². The van der Waals surface area contributed by atoms with Gasteiger partial charge in [0.2, 0.25) is 0 Å². The monoisotopic (exact) mass is 224 g/mol. The van der Waals surface area contributed by atoms with Gasteiger partial charge in [-0.2, -0.15) is 0 Å². The summed E-state index contributed by atoms with van der Waals surface area (Å²) < 4.78 is 0. The highest BCUT2D eigenvalue weighted by molar-refractivity contribution is 4.95. The maximum absolute atomic E-state index is 3.74. The molecule has 0 spiro atoms. The lowest BCUT2D eigenvalue weighted by atomic mass is 9.94. The molecule has 0 amide bonds. The molecule has 1 saturated heterocycles. The third-order valence-electron chi connectivity index (χ3n) is 4.53. The van der Waals surface area contributed by atoms with E-state index in [2.05, 4.69) is 24.2 Å². The summed E-state index contributed by atoms with van der Waals surface area (Å²) in [5.74, 6) is 2.00. The molecule has 2 fully saturated rings. The van der Waals surface area contributed by atoms with Crippen LogP contribution < -0.4 is 5.32 Å². The van der Waals surface area contributed by atoms with Gasteiger partial charge in [0, 0.05) is 12.6 Å². The zero-order valence-electron chi connectivity index (χ0n) is 11.0. The van der Waals surface area contributed by atoms with Crippen LogP contribution in [0.15, 0.2) is 0 Å². The first-order chi connectivity index (χ1) is 7.81. The Morgan fingerprint density at radius 1 is 1.25 bits per heavy atom. The summed E-state index contributed by atoms with van der Waals surface area (Å²) in [7, 11) is 2.29. The lowest BCUT2D eigenvalue weighted by Crippen LogP contribution is -2.39. The molecular weight excluding hydrogens is 196 g/mol. The second-order valence-corrected chi connectivity index (χ2v) is 5.84. The molecule has 1 saturated carbocycles. The van der Waals surface area contributed by atoms with Crippen molar-refractivity contribution in [2.24, 2.45) is 11.8 Å². The van der Waals surface area contributed by atoms with Gasteiger partial charge in [-0.15, -0.1) is 0 Å². The molecule has 1 aliphatic heterocycles. The van der Waals surface area contributed by atoms with E-state index in [4.69, 9.17) is 0 Å². The number of unbranched alkanes of at least 4 members (excludes halogenated alkanes) is 2. The quantitative estimate of drug-likeness (QED) is 0.697. The number of likely N-dealkylation sites (N-methyl/N-ethyl adjacent to an activating group) is 1. The highest BCUT2D eigenvalue weighted by Gasteiger charge is 2.38. The Kier molecular flexibility index (Phi) is 4.66. The smallest absolute Gasteiger partial charge is 0.0226 e. The van der Waals surface area contributed by atoms with E-state index in [-0.39, 0.29) is 0 Å². The highest BCUT2D eigenvalue weighted by atomic mass is 15.1. The summed E-state index contributed by atoms with van der Waals surface area (Å²) in [6.45, 7) is 6.12. The molecule has 0 bridgehead atoms. The molecule has 3 unspecified atom stereocenters. The third kappa shape index (κ3) is 2.98. The number of rotatable bonds is 6. The second-order valence-electron chi connectivity index (χ2n) is 5.84. The van der Waals surface area contributed by atoms with Gasteiger partial charge < -0.3 is 10.2 Å². The van der Waals surface area contributed by atoms with Crippen LogP contribution in [0.1, 0.15) is 45.4 Å². The van der Waals surface area contributed by atoms with Crippen molar-refractivity contribution in [3.63, 3.8) is 0 Å². The minimum absolute atomic E-state index is 0.791. The summed E-state index contributed by atoms with van der Waals surface area (Å²) >= 11 is 0. The van der Waals surface area contributed by atoms with Crippen molar-refractivity contribution in [3.05, 3.63) is 0 Å². The van der Waals surface area contributed by atoms with Crippen molar-refractivity contribution in [1.29, 1.82) is 0 Å². The first-order valence-electron chi connectivity index (χ1n) is 7.23. The molecule has 2 rings (SSSR count). The van der Waals surface area contributed by atoms with E-state index in [0.29, 0.717) is 0 Å². The largest absolute Gasteiger partial charge is 0.312 e. The maximum Gasteiger partial charge on any atom is 0.0226 e. The van der Waals surface area contributed by atoms with Crippen molar-refractivity contribution < 1.29 is 0 Å². The molecule has 94 valence electrons. The topological polar surface area (TPSA) is 15.3 Å². The minimum atomic E-state index is 0.791. The van der Waals surface area contributed by atoms with Gasteiger partial charge in [0.1, 0.15) is 0 Å². The van der Waals surface area contributed by atoms with E-state index in [1.54, 1.807) is 0 Å². The fourth-order valence-electron chi connectivity index (χ4n) is 3.56. The molecule has 2 aliphatic rings. The third-order valence-corrected chi connectivity index (χ3v) is 4.53. The number of hydrogen-bond donors (Lipinski definition) is 1. The first-order valence-corrected chi connectivity index (χ1v) is 7.23. The van der Waals surface area contributed by atoms with Crippen LogP contribution >= 0.6 is 0 Å².